The van der Waals surface area contributed by atoms with Crippen molar-refractivity contribution in [2.45, 2.75) is 19.4 Å². The summed E-state index contributed by atoms with van der Waals surface area (Å²) < 4.78 is 5.41. The second-order valence-corrected chi connectivity index (χ2v) is 4.36. The van der Waals surface area contributed by atoms with Gasteiger partial charge >= 0.3 is 5.97 Å². The first-order valence-corrected chi connectivity index (χ1v) is 5.23. The van der Waals surface area contributed by atoms with E-state index in [1.807, 2.05) is 0 Å². The van der Waals surface area contributed by atoms with Crippen molar-refractivity contribution in [1.82, 2.24) is 4.90 Å². The fraction of sp³-hybridized carbons (Fsp3) is 0.900. The lowest BCUT2D eigenvalue weighted by Crippen LogP contribution is -2.47. The minimum Gasteiger partial charge on any atom is -0.480 e. The van der Waals surface area contributed by atoms with Crippen molar-refractivity contribution in [3.63, 3.8) is 0 Å². The molecule has 3 atom stereocenters. The van der Waals surface area contributed by atoms with Crippen LogP contribution in [0.4, 0.5) is 0 Å². The summed E-state index contributed by atoms with van der Waals surface area (Å²) in [5, 5.41) is 8.90. The van der Waals surface area contributed by atoms with E-state index in [1.165, 1.54) is 0 Å². The molecule has 14 heavy (non-hydrogen) atoms. The molecule has 0 aromatic carbocycles. The molecule has 0 aliphatic carbocycles. The van der Waals surface area contributed by atoms with E-state index in [2.05, 4.69) is 4.90 Å². The van der Waals surface area contributed by atoms with E-state index in [9.17, 15) is 4.79 Å². The number of likely N-dealkylation sites (tertiary alicyclic amines) is 1. The lowest BCUT2D eigenvalue weighted by Gasteiger charge is -2.36. The molecular weight excluding hydrogens is 182 g/mol. The zero-order chi connectivity index (χ0) is 10.1. The van der Waals surface area contributed by atoms with Gasteiger partial charge in [0, 0.05) is 19.1 Å². The van der Waals surface area contributed by atoms with Gasteiger partial charge in [-0.1, -0.05) is 0 Å². The fourth-order valence-electron chi connectivity index (χ4n) is 2.40. The van der Waals surface area contributed by atoms with Crippen LogP contribution in [-0.2, 0) is 9.53 Å². The predicted octanol–water partition coefficient (Wildman–Crippen LogP) is 0.428. The van der Waals surface area contributed by atoms with Crippen LogP contribution in [-0.4, -0.2) is 48.3 Å². The van der Waals surface area contributed by atoms with E-state index in [-0.39, 0.29) is 6.04 Å². The first-order chi connectivity index (χ1) is 6.68. The Kier molecular flexibility index (Phi) is 2.74. The second-order valence-electron chi connectivity index (χ2n) is 4.36. The van der Waals surface area contributed by atoms with Crippen molar-refractivity contribution in [2.24, 2.45) is 11.8 Å². The van der Waals surface area contributed by atoms with Gasteiger partial charge < -0.3 is 9.84 Å². The van der Waals surface area contributed by atoms with Gasteiger partial charge in [-0.2, -0.15) is 0 Å². The minimum absolute atomic E-state index is 0.350. The van der Waals surface area contributed by atoms with Crippen LogP contribution < -0.4 is 0 Å². The highest BCUT2D eigenvalue weighted by molar-refractivity contribution is 5.72. The van der Waals surface area contributed by atoms with Crippen LogP contribution >= 0.6 is 0 Å². The number of aliphatic carboxylic acids is 1. The molecule has 0 amide bonds. The number of carboxylic acid groups (broad SMARTS) is 1. The number of rotatable bonds is 2. The Bertz CT molecular complexity index is 231. The van der Waals surface area contributed by atoms with Crippen LogP contribution in [0.5, 0.6) is 0 Å². The average molecular weight is 199 g/mol. The molecule has 0 aromatic heterocycles. The molecule has 0 spiro atoms. The molecule has 1 N–H and O–H groups in total. The highest BCUT2D eigenvalue weighted by atomic mass is 16.5. The van der Waals surface area contributed by atoms with Crippen LogP contribution in [0.3, 0.4) is 0 Å². The van der Waals surface area contributed by atoms with Crippen molar-refractivity contribution >= 4 is 5.97 Å². The zero-order valence-corrected chi connectivity index (χ0v) is 8.48. The molecule has 4 heteroatoms. The first-order valence-electron chi connectivity index (χ1n) is 5.23. The van der Waals surface area contributed by atoms with Gasteiger partial charge in [0.2, 0.25) is 0 Å². The highest BCUT2D eigenvalue weighted by Crippen LogP contribution is 2.29. The number of carbonyl (C=O) groups is 1. The molecule has 2 rings (SSSR count). The summed E-state index contributed by atoms with van der Waals surface area (Å²) in [4.78, 5) is 12.9. The topological polar surface area (TPSA) is 49.8 Å². The van der Waals surface area contributed by atoms with Gasteiger partial charge in [-0.15, -0.1) is 0 Å². The molecule has 0 bridgehead atoms. The van der Waals surface area contributed by atoms with Crippen molar-refractivity contribution < 1.29 is 14.6 Å². The molecule has 2 aliphatic rings. The van der Waals surface area contributed by atoms with Gasteiger partial charge in [-0.3, -0.25) is 9.69 Å². The maximum atomic E-state index is 10.8. The van der Waals surface area contributed by atoms with Gasteiger partial charge in [0.05, 0.1) is 6.61 Å². The fourth-order valence-corrected chi connectivity index (χ4v) is 2.40. The number of hydrogen-bond donors (Lipinski definition) is 1. The zero-order valence-electron chi connectivity index (χ0n) is 8.48. The standard InChI is InChI=1S/C10H17NO3/c1-7(10(12)13)11-3-2-8-5-14-6-9(8)4-11/h7-9H,2-6H2,1H3,(H,12,13)/t7-,8-,9+/m1/s1. The molecule has 0 unspecified atom stereocenters. The summed E-state index contributed by atoms with van der Waals surface area (Å²) in [5.41, 5.74) is 0. The normalized spacial score (nSPS) is 35.2. The summed E-state index contributed by atoms with van der Waals surface area (Å²) in [7, 11) is 0. The molecule has 80 valence electrons. The van der Waals surface area contributed by atoms with Crippen molar-refractivity contribution in [2.75, 3.05) is 26.3 Å². The summed E-state index contributed by atoms with van der Waals surface area (Å²) >= 11 is 0. The summed E-state index contributed by atoms with van der Waals surface area (Å²) in [6.07, 6.45) is 1.09. The third kappa shape index (κ3) is 1.77. The van der Waals surface area contributed by atoms with Gasteiger partial charge in [0.15, 0.2) is 0 Å². The summed E-state index contributed by atoms with van der Waals surface area (Å²) in [6.45, 7) is 5.24. The van der Waals surface area contributed by atoms with Crippen LogP contribution in [0.1, 0.15) is 13.3 Å². The smallest absolute Gasteiger partial charge is 0.320 e. The van der Waals surface area contributed by atoms with Gasteiger partial charge in [0.1, 0.15) is 6.04 Å². The maximum Gasteiger partial charge on any atom is 0.320 e. The van der Waals surface area contributed by atoms with Crippen molar-refractivity contribution in [1.29, 1.82) is 0 Å². The van der Waals surface area contributed by atoms with E-state index in [1.54, 1.807) is 6.92 Å². The van der Waals surface area contributed by atoms with E-state index in [0.29, 0.717) is 11.8 Å². The Hall–Kier alpha value is -0.610. The predicted molar refractivity (Wildman–Crippen MR) is 51.1 cm³/mol. The number of nitrogens with zero attached hydrogens (tertiary/aromatic N) is 1. The molecular formula is C10H17NO3. The Morgan fingerprint density at radius 2 is 2.21 bits per heavy atom. The average Bonchev–Trinajstić information content (AvgIpc) is 2.62. The van der Waals surface area contributed by atoms with Gasteiger partial charge in [-0.25, -0.2) is 0 Å². The van der Waals surface area contributed by atoms with E-state index < -0.39 is 5.97 Å². The second kappa shape index (κ2) is 3.87. The van der Waals surface area contributed by atoms with E-state index in [4.69, 9.17) is 9.84 Å². The lowest BCUT2D eigenvalue weighted by molar-refractivity contribution is -0.143. The number of fused-ring (bicyclic) bond motifs is 1. The molecule has 0 radical (unpaired) electrons. The van der Waals surface area contributed by atoms with Crippen molar-refractivity contribution in [3.8, 4) is 0 Å². The first kappa shape index (κ1) is 9.93. The number of hydrogen-bond acceptors (Lipinski definition) is 3. The molecule has 4 nitrogen and oxygen atoms in total. The monoisotopic (exact) mass is 199 g/mol. The minimum atomic E-state index is -0.720. The van der Waals surface area contributed by atoms with Crippen molar-refractivity contribution in [3.05, 3.63) is 0 Å². The molecule has 2 fully saturated rings. The number of piperidine rings is 1. The molecule has 2 aliphatic heterocycles. The molecule has 0 aromatic rings. The largest absolute Gasteiger partial charge is 0.480 e. The van der Waals surface area contributed by atoms with Crippen LogP contribution in [0.2, 0.25) is 0 Å². The van der Waals surface area contributed by atoms with Gasteiger partial charge in [-0.05, 0) is 25.8 Å². The van der Waals surface area contributed by atoms with Crippen LogP contribution in [0.25, 0.3) is 0 Å². The molecule has 2 heterocycles. The Labute approximate surface area is 83.8 Å². The van der Waals surface area contributed by atoms with Crippen LogP contribution in [0, 0.1) is 11.8 Å². The van der Waals surface area contributed by atoms with Gasteiger partial charge in [0.25, 0.3) is 0 Å². The molecule has 0 saturated carbocycles. The van der Waals surface area contributed by atoms with Crippen LogP contribution in [0.15, 0.2) is 0 Å². The third-order valence-electron chi connectivity index (χ3n) is 3.49. The molecule has 2 saturated heterocycles. The lowest BCUT2D eigenvalue weighted by atomic mass is 9.88. The Balaban J connectivity index is 1.94. The third-order valence-corrected chi connectivity index (χ3v) is 3.49. The number of ether oxygens (including phenoxy) is 1. The van der Waals surface area contributed by atoms with E-state index >= 15 is 0 Å². The Morgan fingerprint density at radius 1 is 1.50 bits per heavy atom. The summed E-state index contributed by atoms with van der Waals surface area (Å²) in [6, 6.07) is -0.350. The maximum absolute atomic E-state index is 10.8. The number of carboxylic acids is 1. The summed E-state index contributed by atoms with van der Waals surface area (Å²) in [5.74, 6) is 0.514. The highest BCUT2D eigenvalue weighted by Gasteiger charge is 2.36. The SMILES string of the molecule is C[C@H](C(=O)O)N1CC[C@@H]2COC[C@@H]2C1. The Morgan fingerprint density at radius 3 is 2.93 bits per heavy atom. The quantitative estimate of drug-likeness (QED) is 0.700. The van der Waals surface area contributed by atoms with E-state index in [0.717, 1.165) is 32.7 Å².